The summed E-state index contributed by atoms with van der Waals surface area (Å²) in [5.74, 6) is 0.0676. The maximum Gasteiger partial charge on any atom is 0.408 e. The van der Waals surface area contributed by atoms with Crippen LogP contribution in [0.2, 0.25) is 0 Å². The standard InChI is InChI=1S/C15H19NO3/c1-2-19-14(18)16-15(11-7-6-10-13(15)17)12-8-4-3-5-9-12/h3-5,8-9H,2,6-7,10-11H2,1H3,(H,16,18)/t15-/m1/s1. The van der Waals surface area contributed by atoms with Gasteiger partial charge in [0, 0.05) is 6.42 Å². The maximum atomic E-state index is 12.4. The molecule has 0 saturated heterocycles. The van der Waals surface area contributed by atoms with Gasteiger partial charge in [-0.15, -0.1) is 0 Å². The van der Waals surface area contributed by atoms with Gasteiger partial charge in [0.1, 0.15) is 5.54 Å². The number of ether oxygens (including phenoxy) is 1. The summed E-state index contributed by atoms with van der Waals surface area (Å²) < 4.78 is 4.94. The Morgan fingerprint density at radius 1 is 1.32 bits per heavy atom. The van der Waals surface area contributed by atoms with Crippen molar-refractivity contribution in [3.05, 3.63) is 35.9 Å². The number of ketones is 1. The van der Waals surface area contributed by atoms with Gasteiger partial charge in [-0.25, -0.2) is 4.79 Å². The van der Waals surface area contributed by atoms with E-state index in [1.165, 1.54) is 0 Å². The molecule has 0 bridgehead atoms. The second-order valence-electron chi connectivity index (χ2n) is 4.75. The Hall–Kier alpha value is -1.84. The summed E-state index contributed by atoms with van der Waals surface area (Å²) in [6.07, 6.45) is 2.42. The minimum Gasteiger partial charge on any atom is -0.450 e. The lowest BCUT2D eigenvalue weighted by atomic mass is 9.75. The zero-order valence-corrected chi connectivity index (χ0v) is 11.1. The third-order valence-electron chi connectivity index (χ3n) is 3.54. The highest BCUT2D eigenvalue weighted by molar-refractivity contribution is 5.93. The van der Waals surface area contributed by atoms with Crippen molar-refractivity contribution in [3.8, 4) is 0 Å². The Kier molecular flexibility index (Phi) is 4.20. The molecule has 1 N–H and O–H groups in total. The average Bonchev–Trinajstić information content (AvgIpc) is 2.43. The number of benzene rings is 1. The third kappa shape index (κ3) is 2.78. The molecule has 1 amide bonds. The molecular formula is C15H19NO3. The van der Waals surface area contributed by atoms with Crippen molar-refractivity contribution >= 4 is 11.9 Å². The molecule has 0 aliphatic heterocycles. The lowest BCUT2D eigenvalue weighted by Crippen LogP contribution is -2.53. The molecule has 1 aliphatic carbocycles. The van der Waals surface area contributed by atoms with Crippen LogP contribution in [-0.2, 0) is 15.1 Å². The molecule has 0 aromatic heterocycles. The summed E-state index contributed by atoms with van der Waals surface area (Å²) in [6.45, 7) is 2.04. The lowest BCUT2D eigenvalue weighted by molar-refractivity contribution is -0.127. The highest BCUT2D eigenvalue weighted by Crippen LogP contribution is 2.34. The molecule has 0 unspecified atom stereocenters. The monoisotopic (exact) mass is 261 g/mol. The number of amides is 1. The van der Waals surface area contributed by atoms with Crippen LogP contribution >= 0.6 is 0 Å². The van der Waals surface area contributed by atoms with Crippen LogP contribution in [0.25, 0.3) is 0 Å². The molecule has 1 fully saturated rings. The zero-order valence-electron chi connectivity index (χ0n) is 11.1. The van der Waals surface area contributed by atoms with E-state index in [0.717, 1.165) is 18.4 Å². The van der Waals surface area contributed by atoms with E-state index in [1.807, 2.05) is 30.3 Å². The van der Waals surface area contributed by atoms with Crippen LogP contribution in [0.4, 0.5) is 4.79 Å². The molecule has 4 nitrogen and oxygen atoms in total. The van der Waals surface area contributed by atoms with Gasteiger partial charge in [-0.1, -0.05) is 30.3 Å². The molecule has 0 spiro atoms. The fourth-order valence-corrected chi connectivity index (χ4v) is 2.60. The molecule has 0 radical (unpaired) electrons. The van der Waals surface area contributed by atoms with Crippen LogP contribution in [0.15, 0.2) is 30.3 Å². The van der Waals surface area contributed by atoms with Crippen LogP contribution in [0, 0.1) is 0 Å². The fourth-order valence-electron chi connectivity index (χ4n) is 2.60. The van der Waals surface area contributed by atoms with E-state index >= 15 is 0 Å². The normalized spacial score (nSPS) is 22.9. The van der Waals surface area contributed by atoms with Gasteiger partial charge in [0.15, 0.2) is 5.78 Å². The number of hydrogen-bond donors (Lipinski definition) is 1. The van der Waals surface area contributed by atoms with Crippen molar-refractivity contribution in [2.24, 2.45) is 0 Å². The highest BCUT2D eigenvalue weighted by Gasteiger charge is 2.42. The first-order valence-electron chi connectivity index (χ1n) is 6.73. The van der Waals surface area contributed by atoms with E-state index in [9.17, 15) is 9.59 Å². The second kappa shape index (κ2) is 5.87. The molecule has 1 aromatic carbocycles. The van der Waals surface area contributed by atoms with Gasteiger partial charge < -0.3 is 10.1 Å². The number of Topliss-reactive ketones (excluding diaryl/α,β-unsaturated/α-hetero) is 1. The zero-order chi connectivity index (χ0) is 13.7. The van der Waals surface area contributed by atoms with Crippen LogP contribution in [-0.4, -0.2) is 18.5 Å². The number of nitrogens with one attached hydrogen (secondary N) is 1. The van der Waals surface area contributed by atoms with E-state index < -0.39 is 11.6 Å². The molecule has 1 aromatic rings. The van der Waals surface area contributed by atoms with E-state index in [4.69, 9.17) is 4.74 Å². The first-order valence-corrected chi connectivity index (χ1v) is 6.73. The molecule has 1 atom stereocenters. The first kappa shape index (κ1) is 13.6. The molecule has 0 heterocycles. The van der Waals surface area contributed by atoms with Gasteiger partial charge in [0.2, 0.25) is 0 Å². The Bertz CT molecular complexity index is 458. The smallest absolute Gasteiger partial charge is 0.408 e. The SMILES string of the molecule is CCOC(=O)N[C@@]1(c2ccccc2)CCCCC1=O. The van der Waals surface area contributed by atoms with Gasteiger partial charge in [0.05, 0.1) is 6.61 Å². The topological polar surface area (TPSA) is 55.4 Å². The number of hydrogen-bond acceptors (Lipinski definition) is 3. The molecule has 19 heavy (non-hydrogen) atoms. The van der Waals surface area contributed by atoms with Crippen molar-refractivity contribution in [2.45, 2.75) is 38.1 Å². The van der Waals surface area contributed by atoms with Crippen molar-refractivity contribution in [3.63, 3.8) is 0 Å². The molecule has 2 rings (SSSR count). The molecule has 4 heteroatoms. The molecular weight excluding hydrogens is 242 g/mol. The maximum absolute atomic E-state index is 12.4. The number of rotatable bonds is 3. The van der Waals surface area contributed by atoms with E-state index in [0.29, 0.717) is 19.4 Å². The molecule has 102 valence electrons. The summed E-state index contributed by atoms with van der Waals surface area (Å²) in [6, 6.07) is 9.43. The minimum absolute atomic E-state index is 0.0676. The van der Waals surface area contributed by atoms with E-state index in [2.05, 4.69) is 5.32 Å². The highest BCUT2D eigenvalue weighted by atomic mass is 16.5. The van der Waals surface area contributed by atoms with Gasteiger partial charge in [-0.05, 0) is 31.7 Å². The van der Waals surface area contributed by atoms with Crippen molar-refractivity contribution < 1.29 is 14.3 Å². The number of carbonyl (C=O) groups excluding carboxylic acids is 2. The Labute approximate surface area is 113 Å². The van der Waals surface area contributed by atoms with Crippen molar-refractivity contribution in [1.82, 2.24) is 5.32 Å². The predicted molar refractivity (Wildman–Crippen MR) is 71.8 cm³/mol. The number of alkyl carbamates (subject to hydrolysis) is 1. The second-order valence-corrected chi connectivity index (χ2v) is 4.75. The van der Waals surface area contributed by atoms with Gasteiger partial charge >= 0.3 is 6.09 Å². The fraction of sp³-hybridized carbons (Fsp3) is 0.467. The van der Waals surface area contributed by atoms with Gasteiger partial charge in [0.25, 0.3) is 0 Å². The van der Waals surface area contributed by atoms with Crippen molar-refractivity contribution in [2.75, 3.05) is 6.61 Å². The molecule has 1 saturated carbocycles. The summed E-state index contributed by atoms with van der Waals surface area (Å²) in [4.78, 5) is 24.1. The van der Waals surface area contributed by atoms with Crippen LogP contribution in [0.3, 0.4) is 0 Å². The Balaban J connectivity index is 2.32. The summed E-state index contributed by atoms with van der Waals surface area (Å²) in [7, 11) is 0. The van der Waals surface area contributed by atoms with Crippen LogP contribution in [0.5, 0.6) is 0 Å². The third-order valence-corrected chi connectivity index (χ3v) is 3.54. The van der Waals surface area contributed by atoms with Gasteiger partial charge in [-0.2, -0.15) is 0 Å². The first-order chi connectivity index (χ1) is 9.19. The summed E-state index contributed by atoms with van der Waals surface area (Å²) >= 11 is 0. The van der Waals surface area contributed by atoms with Crippen LogP contribution in [0.1, 0.15) is 38.2 Å². The summed E-state index contributed by atoms with van der Waals surface area (Å²) in [5.41, 5.74) is -0.0704. The van der Waals surface area contributed by atoms with Crippen molar-refractivity contribution in [1.29, 1.82) is 0 Å². The minimum atomic E-state index is -0.911. The lowest BCUT2D eigenvalue weighted by Gasteiger charge is -2.36. The number of carbonyl (C=O) groups is 2. The molecule has 1 aliphatic rings. The Morgan fingerprint density at radius 3 is 2.68 bits per heavy atom. The van der Waals surface area contributed by atoms with E-state index in [-0.39, 0.29) is 5.78 Å². The predicted octanol–water partition coefficient (Wildman–Crippen LogP) is 2.77. The van der Waals surface area contributed by atoms with Gasteiger partial charge in [-0.3, -0.25) is 4.79 Å². The van der Waals surface area contributed by atoms with E-state index in [1.54, 1.807) is 6.92 Å². The summed E-state index contributed by atoms with van der Waals surface area (Å²) in [5, 5.41) is 2.79. The Morgan fingerprint density at radius 2 is 2.05 bits per heavy atom. The quantitative estimate of drug-likeness (QED) is 0.910. The average molecular weight is 261 g/mol. The van der Waals surface area contributed by atoms with Crippen LogP contribution < -0.4 is 5.32 Å². The largest absolute Gasteiger partial charge is 0.450 e.